The minimum atomic E-state index is -0.483. The predicted octanol–water partition coefficient (Wildman–Crippen LogP) is 4.25. The Kier molecular flexibility index (Phi) is 5.40. The third-order valence-corrected chi connectivity index (χ3v) is 4.29. The Morgan fingerprint density at radius 3 is 2.57 bits per heavy atom. The number of rotatable bonds is 2. The second-order valence-corrected chi connectivity index (χ2v) is 7.49. The maximum Gasteiger partial charge on any atom is 0.410 e. The third kappa shape index (κ3) is 4.99. The minimum absolute atomic E-state index is 0.0681. The number of hydrogen-bond donors (Lipinski definition) is 1. The molecule has 1 saturated heterocycles. The molecule has 1 heterocycles. The van der Waals surface area contributed by atoms with E-state index in [0.717, 1.165) is 18.4 Å². The molecular weight excluding hydrogens is 319 g/mol. The number of benzene rings is 1. The lowest BCUT2D eigenvalue weighted by Crippen LogP contribution is -2.42. The summed E-state index contributed by atoms with van der Waals surface area (Å²) in [5, 5.41) is 0.499. The Morgan fingerprint density at radius 1 is 1.39 bits per heavy atom. The first kappa shape index (κ1) is 17.9. The number of nitrogens with two attached hydrogens (primary N) is 1. The smallest absolute Gasteiger partial charge is 0.410 e. The topological polar surface area (TPSA) is 55.6 Å². The average molecular weight is 343 g/mol. The molecular formula is C17H24ClFN2O2. The molecule has 0 radical (unpaired) electrons. The quantitative estimate of drug-likeness (QED) is 0.817. The lowest BCUT2D eigenvalue weighted by atomic mass is 9.90. The fourth-order valence-electron chi connectivity index (χ4n) is 2.72. The van der Waals surface area contributed by atoms with Gasteiger partial charge < -0.3 is 15.4 Å². The van der Waals surface area contributed by atoms with Crippen LogP contribution < -0.4 is 5.73 Å². The van der Waals surface area contributed by atoms with E-state index >= 15 is 0 Å². The van der Waals surface area contributed by atoms with Gasteiger partial charge in [0.05, 0.1) is 5.69 Å². The van der Waals surface area contributed by atoms with Crippen molar-refractivity contribution in [2.45, 2.75) is 45.6 Å². The second kappa shape index (κ2) is 6.95. The van der Waals surface area contributed by atoms with E-state index in [-0.39, 0.29) is 11.8 Å². The molecule has 2 rings (SSSR count). The van der Waals surface area contributed by atoms with Crippen LogP contribution in [0, 0.1) is 11.7 Å². The van der Waals surface area contributed by atoms with Crippen molar-refractivity contribution in [1.82, 2.24) is 4.90 Å². The lowest BCUT2D eigenvalue weighted by Gasteiger charge is -2.33. The highest BCUT2D eigenvalue weighted by Gasteiger charge is 2.27. The van der Waals surface area contributed by atoms with Crippen molar-refractivity contribution in [3.63, 3.8) is 0 Å². The van der Waals surface area contributed by atoms with Gasteiger partial charge in [0.1, 0.15) is 11.4 Å². The highest BCUT2D eigenvalue weighted by Crippen LogP contribution is 2.28. The largest absolute Gasteiger partial charge is 0.444 e. The first-order chi connectivity index (χ1) is 10.7. The standard InChI is InChI=1S/C17H24ClFN2O2/c1-17(2,3)23-16(22)21-6-4-11(5-7-21)8-12-9-14(19)15(20)10-13(12)18/h9-11H,4-8,20H2,1-3H3. The van der Waals surface area contributed by atoms with Gasteiger partial charge in [-0.3, -0.25) is 0 Å². The molecule has 0 spiro atoms. The fourth-order valence-corrected chi connectivity index (χ4v) is 2.97. The van der Waals surface area contributed by atoms with Crippen LogP contribution >= 0.6 is 11.6 Å². The fraction of sp³-hybridized carbons (Fsp3) is 0.588. The molecule has 1 aromatic carbocycles. The summed E-state index contributed by atoms with van der Waals surface area (Å²) in [4.78, 5) is 13.8. The number of halogens is 2. The van der Waals surface area contributed by atoms with Gasteiger partial charge in [0.25, 0.3) is 0 Å². The number of nitrogen functional groups attached to an aromatic ring is 1. The summed E-state index contributed by atoms with van der Waals surface area (Å²) in [7, 11) is 0. The molecule has 1 fully saturated rings. The summed E-state index contributed by atoms with van der Waals surface area (Å²) >= 11 is 6.14. The average Bonchev–Trinajstić information content (AvgIpc) is 2.43. The van der Waals surface area contributed by atoms with Gasteiger partial charge in [-0.2, -0.15) is 0 Å². The van der Waals surface area contributed by atoms with E-state index in [1.165, 1.54) is 12.1 Å². The maximum absolute atomic E-state index is 13.6. The molecule has 1 aromatic rings. The van der Waals surface area contributed by atoms with Crippen molar-refractivity contribution in [3.05, 3.63) is 28.5 Å². The number of hydrogen-bond acceptors (Lipinski definition) is 3. The van der Waals surface area contributed by atoms with E-state index in [2.05, 4.69) is 0 Å². The van der Waals surface area contributed by atoms with Crippen LogP contribution in [0.3, 0.4) is 0 Å². The lowest BCUT2D eigenvalue weighted by molar-refractivity contribution is 0.0184. The van der Waals surface area contributed by atoms with Crippen LogP contribution in [0.1, 0.15) is 39.2 Å². The summed E-state index contributed by atoms with van der Waals surface area (Å²) in [5.41, 5.74) is 5.86. The molecule has 0 bridgehead atoms. The van der Waals surface area contributed by atoms with E-state index in [1.54, 1.807) is 4.90 Å². The van der Waals surface area contributed by atoms with Crippen molar-refractivity contribution in [3.8, 4) is 0 Å². The van der Waals surface area contributed by atoms with Crippen molar-refractivity contribution < 1.29 is 13.9 Å². The monoisotopic (exact) mass is 342 g/mol. The molecule has 128 valence electrons. The van der Waals surface area contributed by atoms with E-state index in [0.29, 0.717) is 30.5 Å². The second-order valence-electron chi connectivity index (χ2n) is 7.08. The summed E-state index contributed by atoms with van der Waals surface area (Å²) in [6.45, 7) is 6.86. The highest BCUT2D eigenvalue weighted by atomic mass is 35.5. The molecule has 0 aliphatic carbocycles. The molecule has 2 N–H and O–H groups in total. The van der Waals surface area contributed by atoms with Crippen molar-refractivity contribution in [1.29, 1.82) is 0 Å². The Hall–Kier alpha value is -1.49. The molecule has 4 nitrogen and oxygen atoms in total. The van der Waals surface area contributed by atoms with Crippen LogP contribution in [0.25, 0.3) is 0 Å². The van der Waals surface area contributed by atoms with E-state index in [4.69, 9.17) is 22.1 Å². The summed E-state index contributed by atoms with van der Waals surface area (Å²) < 4.78 is 19.0. The number of piperidine rings is 1. The Bertz CT molecular complexity index is 579. The van der Waals surface area contributed by atoms with Crippen LogP contribution in [-0.4, -0.2) is 29.7 Å². The summed E-state index contributed by atoms with van der Waals surface area (Å²) in [5.74, 6) is -0.0650. The highest BCUT2D eigenvalue weighted by molar-refractivity contribution is 6.31. The minimum Gasteiger partial charge on any atom is -0.444 e. The Balaban J connectivity index is 1.90. The van der Waals surface area contributed by atoms with Gasteiger partial charge in [-0.1, -0.05) is 11.6 Å². The molecule has 0 unspecified atom stereocenters. The van der Waals surface area contributed by atoms with Gasteiger partial charge in [-0.15, -0.1) is 0 Å². The van der Waals surface area contributed by atoms with Gasteiger partial charge in [0.2, 0.25) is 0 Å². The molecule has 1 aliphatic heterocycles. The maximum atomic E-state index is 13.6. The zero-order valence-electron chi connectivity index (χ0n) is 13.9. The first-order valence-electron chi connectivity index (χ1n) is 7.87. The van der Waals surface area contributed by atoms with Crippen LogP contribution in [0.5, 0.6) is 0 Å². The molecule has 1 aliphatic rings. The molecule has 0 saturated carbocycles. The van der Waals surface area contributed by atoms with Crippen LogP contribution in [0.15, 0.2) is 12.1 Å². The zero-order valence-corrected chi connectivity index (χ0v) is 14.6. The SMILES string of the molecule is CC(C)(C)OC(=O)N1CCC(Cc2cc(F)c(N)cc2Cl)CC1. The van der Waals surface area contributed by atoms with Gasteiger partial charge >= 0.3 is 6.09 Å². The summed E-state index contributed by atoms with van der Waals surface area (Å²) in [6, 6.07) is 2.87. The molecule has 1 amide bonds. The number of anilines is 1. The first-order valence-corrected chi connectivity index (χ1v) is 8.25. The van der Waals surface area contributed by atoms with E-state index < -0.39 is 11.4 Å². The number of ether oxygens (including phenoxy) is 1. The van der Waals surface area contributed by atoms with E-state index in [1.807, 2.05) is 20.8 Å². The van der Waals surface area contributed by atoms with Gasteiger partial charge in [-0.05, 0) is 63.6 Å². The van der Waals surface area contributed by atoms with Crippen LogP contribution in [0.2, 0.25) is 5.02 Å². The normalized spacial score (nSPS) is 16.5. The van der Waals surface area contributed by atoms with E-state index in [9.17, 15) is 9.18 Å². The molecule has 0 aromatic heterocycles. The number of carbonyl (C=O) groups excluding carboxylic acids is 1. The van der Waals surface area contributed by atoms with Gasteiger partial charge in [0.15, 0.2) is 0 Å². The third-order valence-electron chi connectivity index (χ3n) is 3.94. The summed E-state index contributed by atoms with van der Waals surface area (Å²) in [6.07, 6.45) is 2.12. The van der Waals surface area contributed by atoms with Crippen LogP contribution in [0.4, 0.5) is 14.9 Å². The zero-order chi connectivity index (χ0) is 17.2. The number of carbonyl (C=O) groups is 1. The van der Waals surface area contributed by atoms with Crippen molar-refractivity contribution in [2.24, 2.45) is 5.92 Å². The Morgan fingerprint density at radius 2 is 2.00 bits per heavy atom. The van der Waals surface area contributed by atoms with Crippen molar-refractivity contribution >= 4 is 23.4 Å². The van der Waals surface area contributed by atoms with Crippen LogP contribution in [-0.2, 0) is 11.2 Å². The number of nitrogens with zero attached hydrogens (tertiary/aromatic N) is 1. The number of amides is 1. The predicted molar refractivity (Wildman–Crippen MR) is 90.1 cm³/mol. The van der Waals surface area contributed by atoms with Crippen molar-refractivity contribution in [2.75, 3.05) is 18.8 Å². The van der Waals surface area contributed by atoms with Gasteiger partial charge in [0, 0.05) is 18.1 Å². The molecule has 0 atom stereocenters. The Labute approximate surface area is 141 Å². The van der Waals surface area contributed by atoms with Gasteiger partial charge in [-0.25, -0.2) is 9.18 Å². The molecule has 23 heavy (non-hydrogen) atoms. The number of likely N-dealkylation sites (tertiary alicyclic amines) is 1. The molecule has 6 heteroatoms.